The lowest BCUT2D eigenvalue weighted by Gasteiger charge is -2.41. The number of alkyl halides is 2. The van der Waals surface area contributed by atoms with E-state index in [0.29, 0.717) is 31.7 Å². The number of aryl methyl sites for hydroxylation is 2. The number of hydrogen-bond acceptors (Lipinski definition) is 4. The number of carbonyl (C=O) groups is 1. The van der Waals surface area contributed by atoms with Crippen molar-refractivity contribution >= 4 is 11.7 Å². The van der Waals surface area contributed by atoms with E-state index in [1.807, 2.05) is 43.0 Å². The summed E-state index contributed by atoms with van der Waals surface area (Å²) in [6.07, 6.45) is -0.0143. The summed E-state index contributed by atoms with van der Waals surface area (Å²) in [4.78, 5) is 14.9. The second-order valence-corrected chi connectivity index (χ2v) is 8.73. The molecule has 31 heavy (non-hydrogen) atoms. The summed E-state index contributed by atoms with van der Waals surface area (Å²) < 4.78 is 34.2. The van der Waals surface area contributed by atoms with Gasteiger partial charge in [-0.3, -0.25) is 4.79 Å². The number of ether oxygens (including phenoxy) is 1. The molecular formula is C23H30F2N4O2. The Balaban J connectivity index is 1.43. The average Bonchev–Trinajstić information content (AvgIpc) is 3.13. The van der Waals surface area contributed by atoms with Crippen molar-refractivity contribution in [3.63, 3.8) is 0 Å². The van der Waals surface area contributed by atoms with Crippen molar-refractivity contribution in [3.8, 4) is 5.75 Å². The molecule has 1 aromatic carbocycles. The summed E-state index contributed by atoms with van der Waals surface area (Å²) >= 11 is 0. The van der Waals surface area contributed by atoms with Gasteiger partial charge in [-0.25, -0.2) is 13.5 Å². The summed E-state index contributed by atoms with van der Waals surface area (Å²) in [5, 5.41) is 7.66. The summed E-state index contributed by atoms with van der Waals surface area (Å²) in [6, 6.07) is 6.59. The Labute approximate surface area is 181 Å². The number of rotatable bonds is 5. The highest BCUT2D eigenvalue weighted by Gasteiger charge is 2.38. The van der Waals surface area contributed by atoms with E-state index in [1.165, 1.54) is 4.68 Å². The highest BCUT2D eigenvalue weighted by molar-refractivity contribution is 5.79. The molecule has 1 saturated heterocycles. The van der Waals surface area contributed by atoms with E-state index in [1.54, 1.807) is 7.11 Å². The minimum Gasteiger partial charge on any atom is -0.496 e. The Morgan fingerprint density at radius 1 is 1.32 bits per heavy atom. The number of nitrogens with zero attached hydrogens (tertiary/aromatic N) is 3. The van der Waals surface area contributed by atoms with Gasteiger partial charge in [-0.05, 0) is 56.2 Å². The first-order valence-electron chi connectivity index (χ1n) is 10.9. The fourth-order valence-electron chi connectivity index (χ4n) is 4.91. The normalized spacial score (nSPS) is 23.4. The molecule has 1 N–H and O–H groups in total. The number of likely N-dealkylation sites (tertiary alicyclic amines) is 1. The first-order chi connectivity index (χ1) is 14.9. The molecule has 8 heteroatoms. The number of methoxy groups -OCH3 is 1. The molecule has 168 valence electrons. The number of hydrogen-bond donors (Lipinski definition) is 1. The third-order valence-corrected chi connectivity index (χ3v) is 6.49. The van der Waals surface area contributed by atoms with Crippen LogP contribution in [-0.4, -0.2) is 53.3 Å². The molecule has 0 radical (unpaired) electrons. The van der Waals surface area contributed by atoms with Gasteiger partial charge in [-0.1, -0.05) is 12.1 Å². The topological polar surface area (TPSA) is 59.4 Å². The van der Waals surface area contributed by atoms with Gasteiger partial charge in [0.1, 0.15) is 17.6 Å². The van der Waals surface area contributed by atoms with Crippen LogP contribution in [-0.2, 0) is 11.2 Å². The van der Waals surface area contributed by atoms with Crippen LogP contribution in [0.15, 0.2) is 24.3 Å². The first-order valence-corrected chi connectivity index (χ1v) is 10.9. The van der Waals surface area contributed by atoms with Gasteiger partial charge in [-0.2, -0.15) is 5.10 Å². The molecule has 0 bridgehead atoms. The van der Waals surface area contributed by atoms with Crippen molar-refractivity contribution in [1.29, 1.82) is 0 Å². The number of fused-ring (bicyclic) bond motifs is 1. The zero-order chi connectivity index (χ0) is 22.1. The molecular weight excluding hydrogens is 402 g/mol. The Hall–Kier alpha value is -2.64. The zero-order valence-corrected chi connectivity index (χ0v) is 18.3. The fraction of sp³-hybridized carbons (Fsp3) is 0.565. The van der Waals surface area contributed by atoms with Crippen molar-refractivity contribution in [3.05, 3.63) is 41.1 Å². The number of aromatic nitrogens is 2. The number of amides is 1. The van der Waals surface area contributed by atoms with Gasteiger partial charge in [0.15, 0.2) is 0 Å². The molecule has 2 aliphatic heterocycles. The largest absolute Gasteiger partial charge is 0.496 e. The zero-order valence-electron chi connectivity index (χ0n) is 18.3. The number of halogens is 2. The SMILES string of the molecule is COc1ccc(CC(=O)N2CCCC([C@@H]3C[C@H](C(F)F)n4nc(C)cc4N3)C2)cc1C. The minimum absolute atomic E-state index is 0.0800. The Bertz CT molecular complexity index is 946. The summed E-state index contributed by atoms with van der Waals surface area (Å²) in [5.74, 6) is 1.67. The third kappa shape index (κ3) is 4.52. The predicted molar refractivity (Wildman–Crippen MR) is 115 cm³/mol. The molecule has 2 aromatic rings. The van der Waals surface area contributed by atoms with E-state index in [0.717, 1.165) is 35.4 Å². The molecule has 2 aliphatic rings. The van der Waals surface area contributed by atoms with Gasteiger partial charge in [0.25, 0.3) is 6.43 Å². The highest BCUT2D eigenvalue weighted by Crippen LogP contribution is 2.36. The number of anilines is 1. The van der Waals surface area contributed by atoms with Crippen LogP contribution < -0.4 is 10.1 Å². The smallest absolute Gasteiger partial charge is 0.260 e. The van der Waals surface area contributed by atoms with Crippen molar-refractivity contribution in [2.24, 2.45) is 5.92 Å². The van der Waals surface area contributed by atoms with Gasteiger partial charge in [-0.15, -0.1) is 0 Å². The monoisotopic (exact) mass is 432 g/mol. The molecule has 6 nitrogen and oxygen atoms in total. The van der Waals surface area contributed by atoms with Crippen LogP contribution in [0.1, 0.15) is 42.1 Å². The average molecular weight is 433 g/mol. The number of piperidine rings is 1. The van der Waals surface area contributed by atoms with Crippen LogP contribution in [0.25, 0.3) is 0 Å². The molecule has 3 heterocycles. The van der Waals surface area contributed by atoms with Crippen LogP contribution in [0.4, 0.5) is 14.6 Å². The maximum atomic E-state index is 13.7. The molecule has 1 amide bonds. The molecule has 4 rings (SSSR count). The lowest BCUT2D eigenvalue weighted by Crippen LogP contribution is -2.48. The van der Waals surface area contributed by atoms with Crippen LogP contribution in [0.5, 0.6) is 5.75 Å². The van der Waals surface area contributed by atoms with Crippen LogP contribution in [0, 0.1) is 19.8 Å². The van der Waals surface area contributed by atoms with Crippen molar-refractivity contribution in [1.82, 2.24) is 14.7 Å². The van der Waals surface area contributed by atoms with E-state index < -0.39 is 12.5 Å². The van der Waals surface area contributed by atoms with E-state index >= 15 is 0 Å². The Kier molecular flexibility index (Phi) is 6.16. The molecule has 1 unspecified atom stereocenters. The van der Waals surface area contributed by atoms with Crippen LogP contribution in [0.2, 0.25) is 0 Å². The summed E-state index contributed by atoms with van der Waals surface area (Å²) in [6.45, 7) is 5.08. The molecule has 1 aromatic heterocycles. The third-order valence-electron chi connectivity index (χ3n) is 6.49. The minimum atomic E-state index is -2.47. The van der Waals surface area contributed by atoms with E-state index in [2.05, 4.69) is 10.4 Å². The van der Waals surface area contributed by atoms with Gasteiger partial charge in [0, 0.05) is 25.2 Å². The standard InChI is InChI=1S/C23H30F2N4O2/c1-14-9-16(6-7-20(14)31-3)11-22(30)28-8-4-5-17(13-28)18-12-19(23(24)25)29-21(26-18)10-15(2)27-29/h6-7,9-10,17-19,23,26H,4-5,8,11-13H2,1-3H3/t17?,18-,19+/m0/s1. The van der Waals surface area contributed by atoms with Crippen LogP contribution in [0.3, 0.4) is 0 Å². The fourth-order valence-corrected chi connectivity index (χ4v) is 4.91. The lowest BCUT2D eigenvalue weighted by molar-refractivity contribution is -0.132. The Morgan fingerprint density at radius 2 is 2.13 bits per heavy atom. The van der Waals surface area contributed by atoms with Gasteiger partial charge in [0.2, 0.25) is 5.91 Å². The van der Waals surface area contributed by atoms with Crippen molar-refractivity contribution in [2.75, 3.05) is 25.5 Å². The van der Waals surface area contributed by atoms with Gasteiger partial charge >= 0.3 is 0 Å². The summed E-state index contributed by atoms with van der Waals surface area (Å²) in [7, 11) is 1.63. The molecule has 1 fully saturated rings. The number of benzene rings is 1. The molecule has 0 aliphatic carbocycles. The quantitative estimate of drug-likeness (QED) is 0.777. The lowest BCUT2D eigenvalue weighted by atomic mass is 9.85. The predicted octanol–water partition coefficient (Wildman–Crippen LogP) is 3.98. The van der Waals surface area contributed by atoms with E-state index in [-0.39, 0.29) is 17.9 Å². The number of nitrogens with one attached hydrogen (secondary N) is 1. The van der Waals surface area contributed by atoms with E-state index in [4.69, 9.17) is 4.74 Å². The van der Waals surface area contributed by atoms with Gasteiger partial charge in [0.05, 0.1) is 19.2 Å². The second kappa shape index (κ2) is 8.85. The first kappa shape index (κ1) is 21.6. The van der Waals surface area contributed by atoms with E-state index in [9.17, 15) is 13.6 Å². The highest BCUT2D eigenvalue weighted by atomic mass is 19.3. The Morgan fingerprint density at radius 3 is 2.84 bits per heavy atom. The molecule has 0 spiro atoms. The molecule has 3 atom stereocenters. The maximum Gasteiger partial charge on any atom is 0.260 e. The second-order valence-electron chi connectivity index (χ2n) is 8.73. The van der Waals surface area contributed by atoms with Crippen molar-refractivity contribution < 1.29 is 18.3 Å². The summed E-state index contributed by atoms with van der Waals surface area (Å²) in [5.41, 5.74) is 2.68. The molecule has 0 saturated carbocycles. The van der Waals surface area contributed by atoms with Crippen molar-refractivity contribution in [2.45, 2.75) is 58.0 Å². The van der Waals surface area contributed by atoms with Gasteiger partial charge < -0.3 is 15.0 Å². The number of carbonyl (C=O) groups excluding carboxylic acids is 1. The van der Waals surface area contributed by atoms with Crippen LogP contribution >= 0.6 is 0 Å². The maximum absolute atomic E-state index is 13.7.